The third-order valence-corrected chi connectivity index (χ3v) is 9.18. The van der Waals surface area contributed by atoms with Crippen molar-refractivity contribution in [3.8, 4) is 5.75 Å². The highest BCUT2D eigenvalue weighted by Crippen LogP contribution is 2.42. The number of aromatic hydroxyl groups is 1. The molecule has 3 amide bonds. The standard InChI is InChI=1S/C26H19N5O12S2/c32-14-3-1-11-5-15(26(38)43-17(11)7-14)22(34)27-8-19(33)28-20-23(35)29-21(25(36)37)12(10-45-24(20)29)9-44-18-4-2-13(30(39)40)6-16(18)31(41)42/h1-7,20,24,32H,8-10H2,(H,27,34)(H,28,33)(H,36,37)/t20-,24-/m1/s1. The van der Waals surface area contributed by atoms with Gasteiger partial charge in [0.25, 0.3) is 23.2 Å². The van der Waals surface area contributed by atoms with Gasteiger partial charge in [0.1, 0.15) is 34.0 Å². The van der Waals surface area contributed by atoms with Crippen LogP contribution in [0.5, 0.6) is 5.75 Å². The van der Waals surface area contributed by atoms with Crippen LogP contribution in [0.25, 0.3) is 11.0 Å². The highest BCUT2D eigenvalue weighted by molar-refractivity contribution is 8.01. The molecular weight excluding hydrogens is 638 g/mol. The normalized spacial score (nSPS) is 17.3. The van der Waals surface area contributed by atoms with Gasteiger partial charge in [-0.1, -0.05) is 0 Å². The molecule has 4 N–H and O–H groups in total. The first-order valence-corrected chi connectivity index (χ1v) is 14.7. The Bertz CT molecular complexity index is 1910. The van der Waals surface area contributed by atoms with Gasteiger partial charge < -0.3 is 25.3 Å². The van der Waals surface area contributed by atoms with Crippen molar-refractivity contribution < 1.29 is 43.7 Å². The maximum absolute atomic E-state index is 12.9. The molecule has 3 heterocycles. The number of carboxylic acid groups (broad SMARTS) is 1. The molecule has 19 heteroatoms. The minimum Gasteiger partial charge on any atom is -0.508 e. The van der Waals surface area contributed by atoms with Crippen LogP contribution in [0.15, 0.2) is 67.8 Å². The van der Waals surface area contributed by atoms with E-state index in [9.17, 15) is 54.4 Å². The monoisotopic (exact) mass is 657 g/mol. The number of amides is 3. The topological polar surface area (TPSA) is 253 Å². The number of benzene rings is 2. The number of carbonyl (C=O) groups is 4. The summed E-state index contributed by atoms with van der Waals surface area (Å²) >= 11 is 2.03. The number of nitro groups is 2. The van der Waals surface area contributed by atoms with Gasteiger partial charge >= 0.3 is 11.6 Å². The highest BCUT2D eigenvalue weighted by Gasteiger charge is 2.54. The highest BCUT2D eigenvalue weighted by atomic mass is 32.2. The molecule has 2 aliphatic heterocycles. The number of hydrogen-bond acceptors (Lipinski definition) is 13. The molecule has 0 bridgehead atoms. The number of thioether (sulfide) groups is 2. The van der Waals surface area contributed by atoms with Crippen molar-refractivity contribution in [1.82, 2.24) is 15.5 Å². The van der Waals surface area contributed by atoms with Gasteiger partial charge in [-0.2, -0.15) is 0 Å². The summed E-state index contributed by atoms with van der Waals surface area (Å²) < 4.78 is 5.04. The summed E-state index contributed by atoms with van der Waals surface area (Å²) in [7, 11) is 0. The molecule has 1 saturated heterocycles. The van der Waals surface area contributed by atoms with Crippen molar-refractivity contribution >= 4 is 69.6 Å². The Hall–Kier alpha value is -5.43. The van der Waals surface area contributed by atoms with E-state index < -0.39 is 74.1 Å². The number of non-ortho nitro benzene ring substituents is 1. The predicted octanol–water partition coefficient (Wildman–Crippen LogP) is 1.58. The molecule has 1 fully saturated rings. The molecule has 0 saturated carbocycles. The lowest BCUT2D eigenvalue weighted by molar-refractivity contribution is -0.396. The van der Waals surface area contributed by atoms with Crippen LogP contribution in [0.4, 0.5) is 11.4 Å². The molecule has 17 nitrogen and oxygen atoms in total. The molecule has 2 atom stereocenters. The van der Waals surface area contributed by atoms with Crippen LogP contribution in [0.3, 0.4) is 0 Å². The Kier molecular flexibility index (Phi) is 8.47. The van der Waals surface area contributed by atoms with Gasteiger partial charge in [-0.3, -0.25) is 39.5 Å². The zero-order valence-corrected chi connectivity index (χ0v) is 24.1. The molecule has 2 aromatic carbocycles. The average Bonchev–Trinajstić information content (AvgIpc) is 3.00. The molecule has 0 radical (unpaired) electrons. The largest absolute Gasteiger partial charge is 0.508 e. The summed E-state index contributed by atoms with van der Waals surface area (Å²) in [4.78, 5) is 84.3. The summed E-state index contributed by atoms with van der Waals surface area (Å²) in [5, 5.41) is 46.1. The molecular formula is C26H19N5O12S2. The lowest BCUT2D eigenvalue weighted by Gasteiger charge is -2.49. The molecule has 0 unspecified atom stereocenters. The fourth-order valence-electron chi connectivity index (χ4n) is 4.58. The number of carboxylic acids is 1. The Labute approximate surface area is 258 Å². The first-order chi connectivity index (χ1) is 21.3. The van der Waals surface area contributed by atoms with Gasteiger partial charge in [-0.15, -0.1) is 23.5 Å². The molecule has 5 rings (SSSR count). The van der Waals surface area contributed by atoms with E-state index in [-0.39, 0.29) is 39.0 Å². The zero-order valence-electron chi connectivity index (χ0n) is 22.5. The number of aliphatic carboxylic acids is 1. The second-order valence-electron chi connectivity index (χ2n) is 9.52. The number of nitro benzene ring substituents is 2. The molecule has 232 valence electrons. The van der Waals surface area contributed by atoms with Crippen molar-refractivity contribution in [3.05, 3.63) is 89.9 Å². The minimum atomic E-state index is -1.43. The molecule has 0 aliphatic carbocycles. The SMILES string of the molecule is O=C(CNC(=O)c1cc2ccc(O)cc2oc1=O)N[C@@H]1C(=O)N2C(C(=O)O)=C(CSc3ccc([N+](=O)[O-])cc3[N+](=O)[O-])CS[C@H]12. The number of nitrogens with one attached hydrogen (secondary N) is 2. The number of phenols is 1. The Morgan fingerprint density at radius 1 is 1.09 bits per heavy atom. The van der Waals surface area contributed by atoms with Gasteiger partial charge in [-0.25, -0.2) is 9.59 Å². The third kappa shape index (κ3) is 6.15. The fourth-order valence-corrected chi connectivity index (χ4v) is 7.07. The number of carbonyl (C=O) groups excluding carboxylic acids is 3. The number of β-lactam (4-membered cyclic amide) rings is 1. The quantitative estimate of drug-likeness (QED) is 0.0794. The minimum absolute atomic E-state index is 0.0523. The van der Waals surface area contributed by atoms with E-state index in [1.807, 2.05) is 0 Å². The number of hydrogen-bond donors (Lipinski definition) is 4. The van der Waals surface area contributed by atoms with E-state index in [2.05, 4.69) is 10.6 Å². The molecule has 45 heavy (non-hydrogen) atoms. The van der Waals surface area contributed by atoms with Gasteiger partial charge in [0.2, 0.25) is 5.91 Å². The van der Waals surface area contributed by atoms with E-state index in [1.165, 1.54) is 30.3 Å². The fraction of sp³-hybridized carbons (Fsp3) is 0.192. The van der Waals surface area contributed by atoms with Crippen LogP contribution < -0.4 is 16.3 Å². The molecule has 2 aliphatic rings. The molecule has 3 aromatic rings. The molecule has 0 spiro atoms. The maximum atomic E-state index is 12.9. The zero-order chi connectivity index (χ0) is 32.6. The summed E-state index contributed by atoms with van der Waals surface area (Å²) in [5.41, 5.74) is -2.41. The van der Waals surface area contributed by atoms with Gasteiger partial charge in [-0.05, 0) is 29.8 Å². The van der Waals surface area contributed by atoms with E-state index in [4.69, 9.17) is 4.42 Å². The summed E-state index contributed by atoms with van der Waals surface area (Å²) in [6.45, 7) is -0.620. The predicted molar refractivity (Wildman–Crippen MR) is 157 cm³/mol. The number of fused-ring (bicyclic) bond motifs is 2. The Morgan fingerprint density at radius 3 is 2.53 bits per heavy atom. The average molecular weight is 658 g/mol. The smallest absolute Gasteiger partial charge is 0.352 e. The summed E-state index contributed by atoms with van der Waals surface area (Å²) in [6, 6.07) is 7.16. The second-order valence-corrected chi connectivity index (χ2v) is 11.6. The first-order valence-electron chi connectivity index (χ1n) is 12.7. The van der Waals surface area contributed by atoms with Crippen molar-refractivity contribution in [3.63, 3.8) is 0 Å². The van der Waals surface area contributed by atoms with Gasteiger partial charge in [0, 0.05) is 29.0 Å². The lowest BCUT2D eigenvalue weighted by Crippen LogP contribution is -2.71. The van der Waals surface area contributed by atoms with Crippen LogP contribution >= 0.6 is 23.5 Å². The Balaban J connectivity index is 1.22. The van der Waals surface area contributed by atoms with Crippen LogP contribution in [-0.2, 0) is 14.4 Å². The number of phenolic OH excluding ortho intramolecular Hbond substituents is 1. The second kappa shape index (κ2) is 12.3. The molecule has 1 aromatic heterocycles. The van der Waals surface area contributed by atoms with Crippen molar-refractivity contribution in [2.45, 2.75) is 16.3 Å². The van der Waals surface area contributed by atoms with E-state index in [1.54, 1.807) is 0 Å². The van der Waals surface area contributed by atoms with E-state index >= 15 is 0 Å². The Morgan fingerprint density at radius 2 is 1.84 bits per heavy atom. The maximum Gasteiger partial charge on any atom is 0.352 e. The summed E-state index contributed by atoms with van der Waals surface area (Å²) in [6.07, 6.45) is 0. The van der Waals surface area contributed by atoms with Crippen LogP contribution in [0.1, 0.15) is 10.4 Å². The third-order valence-electron chi connectivity index (χ3n) is 6.69. The van der Waals surface area contributed by atoms with Crippen LogP contribution in [-0.4, -0.2) is 78.1 Å². The van der Waals surface area contributed by atoms with Crippen LogP contribution in [0.2, 0.25) is 0 Å². The van der Waals surface area contributed by atoms with Crippen LogP contribution in [0, 0.1) is 20.2 Å². The number of rotatable bonds is 10. The van der Waals surface area contributed by atoms with Gasteiger partial charge in [0.15, 0.2) is 0 Å². The summed E-state index contributed by atoms with van der Waals surface area (Å²) in [5.74, 6) is -3.98. The van der Waals surface area contributed by atoms with Crippen molar-refractivity contribution in [2.24, 2.45) is 0 Å². The van der Waals surface area contributed by atoms with E-state index in [0.29, 0.717) is 5.39 Å². The van der Waals surface area contributed by atoms with Crippen molar-refractivity contribution in [1.29, 1.82) is 0 Å². The number of nitrogens with zero attached hydrogens (tertiary/aromatic N) is 3. The first kappa shape index (κ1) is 31.0. The lowest BCUT2D eigenvalue weighted by atomic mass is 10.0. The van der Waals surface area contributed by atoms with Crippen molar-refractivity contribution in [2.75, 3.05) is 18.1 Å². The van der Waals surface area contributed by atoms with E-state index in [0.717, 1.165) is 40.6 Å². The van der Waals surface area contributed by atoms with Gasteiger partial charge in [0.05, 0.1) is 27.4 Å².